The Morgan fingerprint density at radius 1 is 1.64 bits per heavy atom. The topological polar surface area (TPSA) is 72.8 Å². The minimum absolute atomic E-state index is 0.104. The number of unbranched alkanes of at least 4 members (excludes halogenated alkanes) is 1. The average molecular weight is 182 g/mol. The zero-order valence-electron chi connectivity index (χ0n) is 6.23. The molecule has 0 rings (SSSR count). The molecule has 66 valence electrons. The van der Waals surface area contributed by atoms with Crippen LogP contribution in [0.4, 0.5) is 0 Å². The average Bonchev–Trinajstić information content (AvgIpc) is 1.87. The summed E-state index contributed by atoms with van der Waals surface area (Å²) in [6, 6.07) is 0. The largest absolute Gasteiger partial charge is 0.529 e. The van der Waals surface area contributed by atoms with Gasteiger partial charge in [0, 0.05) is 0 Å². The first-order valence-electron chi connectivity index (χ1n) is 3.21. The van der Waals surface area contributed by atoms with E-state index in [-0.39, 0.29) is 13.1 Å². The lowest BCUT2D eigenvalue weighted by molar-refractivity contribution is -0.122. The van der Waals surface area contributed by atoms with E-state index in [1.54, 1.807) is 0 Å². The maximum absolute atomic E-state index is 10.6. The number of hydrogen-bond donors (Lipinski definition) is 1. The standard InChI is InChI=1S/C5H11O5P/c1-2-3-4-9-11(7,8)10-5-6/h5H,2-4H2,1H3,(H,7,8). The van der Waals surface area contributed by atoms with E-state index in [9.17, 15) is 9.36 Å². The van der Waals surface area contributed by atoms with Crippen LogP contribution in [-0.2, 0) is 18.4 Å². The molecule has 0 aliphatic heterocycles. The third kappa shape index (κ3) is 6.04. The first kappa shape index (κ1) is 10.6. The molecule has 0 aromatic rings. The maximum Gasteiger partial charge on any atom is 0.529 e. The zero-order valence-corrected chi connectivity index (χ0v) is 7.12. The number of carbonyl (C=O) groups is 1. The fraction of sp³-hybridized carbons (Fsp3) is 0.800. The van der Waals surface area contributed by atoms with Gasteiger partial charge in [-0.2, -0.15) is 0 Å². The molecule has 0 aromatic heterocycles. The van der Waals surface area contributed by atoms with Gasteiger partial charge in [0.2, 0.25) is 0 Å². The Morgan fingerprint density at radius 3 is 2.73 bits per heavy atom. The van der Waals surface area contributed by atoms with Crippen molar-refractivity contribution in [1.82, 2.24) is 0 Å². The third-order valence-electron chi connectivity index (χ3n) is 0.929. The summed E-state index contributed by atoms with van der Waals surface area (Å²) in [4.78, 5) is 18.2. The van der Waals surface area contributed by atoms with Gasteiger partial charge < -0.3 is 4.52 Å². The quantitative estimate of drug-likeness (QED) is 0.378. The molecule has 0 saturated carbocycles. The Balaban J connectivity index is 3.55. The predicted octanol–water partition coefficient (Wildman–Crippen LogP) is 1.08. The van der Waals surface area contributed by atoms with E-state index in [0.717, 1.165) is 6.42 Å². The summed E-state index contributed by atoms with van der Waals surface area (Å²) < 4.78 is 18.7. The number of phosphoric ester groups is 1. The maximum atomic E-state index is 10.6. The fourth-order valence-corrected chi connectivity index (χ4v) is 0.938. The van der Waals surface area contributed by atoms with Crippen LogP contribution in [0.25, 0.3) is 0 Å². The second kappa shape index (κ2) is 5.29. The van der Waals surface area contributed by atoms with Crippen LogP contribution >= 0.6 is 7.82 Å². The van der Waals surface area contributed by atoms with E-state index in [1.165, 1.54) is 0 Å². The summed E-state index contributed by atoms with van der Waals surface area (Å²) in [5.74, 6) is 0. The molecule has 0 aliphatic rings. The molecule has 5 nitrogen and oxygen atoms in total. The molecular weight excluding hydrogens is 171 g/mol. The molecule has 0 aliphatic carbocycles. The molecule has 1 unspecified atom stereocenters. The molecule has 0 saturated heterocycles. The molecular formula is C5H11O5P. The van der Waals surface area contributed by atoms with Crippen molar-refractivity contribution < 1.29 is 23.3 Å². The molecule has 11 heavy (non-hydrogen) atoms. The van der Waals surface area contributed by atoms with Gasteiger partial charge in [-0.05, 0) is 6.42 Å². The van der Waals surface area contributed by atoms with Crippen molar-refractivity contribution in [3.05, 3.63) is 0 Å². The van der Waals surface area contributed by atoms with Crippen molar-refractivity contribution in [1.29, 1.82) is 0 Å². The van der Waals surface area contributed by atoms with E-state index < -0.39 is 7.82 Å². The van der Waals surface area contributed by atoms with Gasteiger partial charge in [0.05, 0.1) is 6.61 Å². The minimum atomic E-state index is -4.09. The van der Waals surface area contributed by atoms with Crippen molar-refractivity contribution in [3.8, 4) is 0 Å². The van der Waals surface area contributed by atoms with Crippen molar-refractivity contribution in [3.63, 3.8) is 0 Å². The molecule has 0 aromatic carbocycles. The number of hydrogen-bond acceptors (Lipinski definition) is 4. The van der Waals surface area contributed by atoms with Crippen LogP contribution in [0.1, 0.15) is 19.8 Å². The molecule has 0 heterocycles. The van der Waals surface area contributed by atoms with E-state index in [0.29, 0.717) is 6.42 Å². The Bertz CT molecular complexity index is 157. The Morgan fingerprint density at radius 2 is 2.27 bits per heavy atom. The van der Waals surface area contributed by atoms with Gasteiger partial charge in [0.25, 0.3) is 0 Å². The van der Waals surface area contributed by atoms with E-state index >= 15 is 0 Å². The number of rotatable bonds is 6. The van der Waals surface area contributed by atoms with Crippen molar-refractivity contribution in [2.45, 2.75) is 19.8 Å². The van der Waals surface area contributed by atoms with Crippen LogP contribution in [0, 0.1) is 0 Å². The van der Waals surface area contributed by atoms with Crippen molar-refractivity contribution in [2.75, 3.05) is 6.61 Å². The van der Waals surface area contributed by atoms with Crippen LogP contribution in [-0.4, -0.2) is 18.0 Å². The molecule has 6 heteroatoms. The second-order valence-electron chi connectivity index (χ2n) is 1.86. The predicted molar refractivity (Wildman–Crippen MR) is 37.8 cm³/mol. The van der Waals surface area contributed by atoms with Crippen molar-refractivity contribution >= 4 is 14.3 Å². The van der Waals surface area contributed by atoms with Gasteiger partial charge in [0.1, 0.15) is 0 Å². The van der Waals surface area contributed by atoms with Crippen molar-refractivity contribution in [2.24, 2.45) is 0 Å². The van der Waals surface area contributed by atoms with Gasteiger partial charge in [0.15, 0.2) is 0 Å². The highest BCUT2D eigenvalue weighted by Gasteiger charge is 2.20. The monoisotopic (exact) mass is 182 g/mol. The smallest absolute Gasteiger partial charge is 0.373 e. The van der Waals surface area contributed by atoms with Crippen LogP contribution < -0.4 is 0 Å². The Labute approximate surface area is 64.9 Å². The highest BCUT2D eigenvalue weighted by Crippen LogP contribution is 2.42. The van der Waals surface area contributed by atoms with Gasteiger partial charge >= 0.3 is 14.3 Å². The molecule has 1 N–H and O–H groups in total. The summed E-state index contributed by atoms with van der Waals surface area (Å²) in [6.07, 6.45) is 1.51. The van der Waals surface area contributed by atoms with Crippen LogP contribution in [0.5, 0.6) is 0 Å². The SMILES string of the molecule is CCCCOP(=O)(O)OC=O. The number of phosphoric acid groups is 1. The first-order valence-corrected chi connectivity index (χ1v) is 4.71. The molecule has 1 atom stereocenters. The summed E-state index contributed by atoms with van der Waals surface area (Å²) in [5.41, 5.74) is 0. The third-order valence-corrected chi connectivity index (χ3v) is 1.79. The summed E-state index contributed by atoms with van der Waals surface area (Å²) >= 11 is 0. The van der Waals surface area contributed by atoms with Crippen LogP contribution in [0.15, 0.2) is 0 Å². The first-order chi connectivity index (χ1) is 5.12. The molecule has 0 fully saturated rings. The van der Waals surface area contributed by atoms with Gasteiger partial charge in [-0.3, -0.25) is 14.2 Å². The minimum Gasteiger partial charge on any atom is -0.373 e. The fourth-order valence-electron chi connectivity index (χ4n) is 0.409. The Kier molecular flexibility index (Phi) is 5.11. The highest BCUT2D eigenvalue weighted by molar-refractivity contribution is 7.47. The van der Waals surface area contributed by atoms with Crippen LogP contribution in [0.3, 0.4) is 0 Å². The van der Waals surface area contributed by atoms with Gasteiger partial charge in [-0.1, -0.05) is 13.3 Å². The summed E-state index contributed by atoms with van der Waals surface area (Å²) in [7, 11) is -4.09. The van der Waals surface area contributed by atoms with Crippen LogP contribution in [0.2, 0.25) is 0 Å². The molecule has 0 amide bonds. The molecule has 0 spiro atoms. The second-order valence-corrected chi connectivity index (χ2v) is 3.26. The van der Waals surface area contributed by atoms with Gasteiger partial charge in [-0.15, -0.1) is 0 Å². The summed E-state index contributed by atoms with van der Waals surface area (Å²) in [6.45, 7) is 1.93. The Hall–Kier alpha value is -0.380. The lowest BCUT2D eigenvalue weighted by Crippen LogP contribution is -1.95. The molecule has 0 radical (unpaired) electrons. The van der Waals surface area contributed by atoms with E-state index in [1.807, 2.05) is 6.92 Å². The highest BCUT2D eigenvalue weighted by atomic mass is 31.2. The summed E-state index contributed by atoms with van der Waals surface area (Å²) in [5, 5.41) is 0. The normalized spacial score (nSPS) is 15.5. The van der Waals surface area contributed by atoms with E-state index in [2.05, 4.69) is 9.05 Å². The lowest BCUT2D eigenvalue weighted by Gasteiger charge is -2.06. The number of carbonyl (C=O) groups excluding carboxylic acids is 1. The van der Waals surface area contributed by atoms with E-state index in [4.69, 9.17) is 4.89 Å². The lowest BCUT2D eigenvalue weighted by atomic mass is 10.4. The zero-order chi connectivity index (χ0) is 8.74. The molecule has 0 bridgehead atoms. The van der Waals surface area contributed by atoms with Gasteiger partial charge in [-0.25, -0.2) is 4.57 Å².